The van der Waals surface area contributed by atoms with Crippen LogP contribution in [0.5, 0.6) is 5.75 Å². The number of morpholine rings is 1. The molecule has 1 aromatic carbocycles. The quantitative estimate of drug-likeness (QED) is 0.342. The summed E-state index contributed by atoms with van der Waals surface area (Å²) < 4.78 is 13.1. The molecule has 1 saturated carbocycles. The highest BCUT2D eigenvalue weighted by Crippen LogP contribution is 2.44. The Bertz CT molecular complexity index is 1530. The van der Waals surface area contributed by atoms with Crippen LogP contribution in [-0.4, -0.2) is 75.9 Å². The molecule has 10 heteroatoms. The van der Waals surface area contributed by atoms with Crippen molar-refractivity contribution in [3.63, 3.8) is 0 Å². The van der Waals surface area contributed by atoms with Crippen molar-refractivity contribution in [2.24, 2.45) is 5.41 Å². The third-order valence-corrected chi connectivity index (χ3v) is 8.05. The summed E-state index contributed by atoms with van der Waals surface area (Å²) in [6.45, 7) is 7.12. The number of pyridine rings is 1. The highest BCUT2D eigenvalue weighted by Gasteiger charge is 2.41. The number of H-pyrrole nitrogens is 1. The fourth-order valence-electron chi connectivity index (χ4n) is 5.81. The number of aryl methyl sites for hydroxylation is 1. The Morgan fingerprint density at radius 1 is 1.21 bits per heavy atom. The zero-order chi connectivity index (χ0) is 26.8. The van der Waals surface area contributed by atoms with Gasteiger partial charge in [0.05, 0.1) is 30.5 Å². The number of carbonyl (C=O) groups is 1. The van der Waals surface area contributed by atoms with E-state index in [1.54, 1.807) is 10.6 Å². The molecule has 1 aliphatic heterocycles. The smallest absolute Gasteiger partial charge is 0.272 e. The number of rotatable bonds is 9. The van der Waals surface area contributed by atoms with E-state index in [0.29, 0.717) is 23.3 Å². The van der Waals surface area contributed by atoms with Gasteiger partial charge in [-0.05, 0) is 43.2 Å². The number of aromatic nitrogens is 4. The van der Waals surface area contributed by atoms with E-state index < -0.39 is 0 Å². The average molecular weight is 531 g/mol. The number of carbonyl (C=O) groups excluding carboxylic acids is 1. The molecule has 0 bridgehead atoms. The van der Waals surface area contributed by atoms with E-state index >= 15 is 0 Å². The molecule has 204 valence electrons. The molecule has 4 heterocycles. The second-order valence-corrected chi connectivity index (χ2v) is 11.0. The number of amides is 1. The third-order valence-electron chi connectivity index (χ3n) is 8.05. The number of benzene rings is 1. The number of hydrogen-bond donors (Lipinski definition) is 2. The Balaban J connectivity index is 1.01. The summed E-state index contributed by atoms with van der Waals surface area (Å²) in [5.74, 6) is 0.622. The van der Waals surface area contributed by atoms with Crippen LogP contribution in [0.25, 0.3) is 16.4 Å². The van der Waals surface area contributed by atoms with Crippen LogP contribution in [0, 0.1) is 5.41 Å². The van der Waals surface area contributed by atoms with E-state index in [1.165, 1.54) is 0 Å². The predicted octanol–water partition coefficient (Wildman–Crippen LogP) is 2.81. The van der Waals surface area contributed by atoms with Crippen LogP contribution < -0.4 is 15.6 Å². The summed E-state index contributed by atoms with van der Waals surface area (Å²) in [7, 11) is 0. The first-order chi connectivity index (χ1) is 19.0. The second-order valence-electron chi connectivity index (χ2n) is 11.0. The SMILES string of the molecule is C[C@]1(CCc2n[nH]c(=O)c3ccccc23)C[C@H](NC(=O)c2cnc3cc(OCCN4CCOCC4)ccn23)C1. The monoisotopic (exact) mass is 530 g/mol. The van der Waals surface area contributed by atoms with Crippen LogP contribution in [0.1, 0.15) is 42.4 Å². The van der Waals surface area contributed by atoms with Crippen LogP contribution in [0.3, 0.4) is 0 Å². The molecule has 0 spiro atoms. The lowest BCUT2D eigenvalue weighted by Crippen LogP contribution is -2.49. The van der Waals surface area contributed by atoms with Gasteiger partial charge in [0, 0.05) is 43.3 Å². The first-order valence-electron chi connectivity index (χ1n) is 13.6. The van der Waals surface area contributed by atoms with Gasteiger partial charge in [-0.2, -0.15) is 5.10 Å². The van der Waals surface area contributed by atoms with Crippen LogP contribution in [0.15, 0.2) is 53.6 Å². The van der Waals surface area contributed by atoms with Crippen molar-refractivity contribution in [1.29, 1.82) is 0 Å². The summed E-state index contributed by atoms with van der Waals surface area (Å²) in [5.41, 5.74) is 2.07. The van der Waals surface area contributed by atoms with E-state index in [-0.39, 0.29) is 22.9 Å². The maximum atomic E-state index is 13.1. The van der Waals surface area contributed by atoms with E-state index in [4.69, 9.17) is 9.47 Å². The maximum absolute atomic E-state index is 13.1. The van der Waals surface area contributed by atoms with Crippen LogP contribution in [0.2, 0.25) is 0 Å². The van der Waals surface area contributed by atoms with Crippen molar-refractivity contribution < 1.29 is 14.3 Å². The Hall–Kier alpha value is -3.76. The number of nitrogens with zero attached hydrogens (tertiary/aromatic N) is 4. The van der Waals surface area contributed by atoms with Crippen LogP contribution in [0.4, 0.5) is 0 Å². The van der Waals surface area contributed by atoms with Crippen molar-refractivity contribution in [2.75, 3.05) is 39.5 Å². The van der Waals surface area contributed by atoms with E-state index in [0.717, 1.165) is 75.4 Å². The lowest BCUT2D eigenvalue weighted by molar-refractivity contribution is 0.0322. The third kappa shape index (κ3) is 5.53. The van der Waals surface area contributed by atoms with Crippen molar-refractivity contribution in [3.8, 4) is 5.75 Å². The van der Waals surface area contributed by atoms with Crippen LogP contribution in [-0.2, 0) is 11.2 Å². The number of imidazole rings is 1. The van der Waals surface area contributed by atoms with Crippen LogP contribution >= 0.6 is 0 Å². The van der Waals surface area contributed by atoms with Gasteiger partial charge in [0.2, 0.25) is 0 Å². The van der Waals surface area contributed by atoms with E-state index in [1.807, 2.05) is 42.6 Å². The van der Waals surface area contributed by atoms with Gasteiger partial charge < -0.3 is 14.8 Å². The van der Waals surface area contributed by atoms with Crippen molar-refractivity contribution in [1.82, 2.24) is 29.8 Å². The molecule has 0 atom stereocenters. The molecule has 1 aliphatic carbocycles. The molecule has 1 amide bonds. The molecule has 2 N–H and O–H groups in total. The van der Waals surface area contributed by atoms with Gasteiger partial charge >= 0.3 is 0 Å². The van der Waals surface area contributed by atoms with E-state index in [9.17, 15) is 9.59 Å². The largest absolute Gasteiger partial charge is 0.492 e. The van der Waals surface area contributed by atoms with Gasteiger partial charge in [0.15, 0.2) is 0 Å². The maximum Gasteiger partial charge on any atom is 0.272 e. The molecule has 0 radical (unpaired) electrons. The summed E-state index contributed by atoms with van der Waals surface area (Å²) in [6, 6.07) is 11.4. The number of fused-ring (bicyclic) bond motifs is 2. The summed E-state index contributed by atoms with van der Waals surface area (Å²) >= 11 is 0. The minimum Gasteiger partial charge on any atom is -0.492 e. The normalized spacial score (nSPS) is 21.6. The first-order valence-corrected chi connectivity index (χ1v) is 13.6. The van der Waals surface area contributed by atoms with Crippen molar-refractivity contribution >= 4 is 22.3 Å². The Kier molecular flexibility index (Phi) is 7.05. The highest BCUT2D eigenvalue weighted by molar-refractivity contribution is 5.93. The minimum atomic E-state index is -0.160. The molecule has 6 rings (SSSR count). The molecule has 3 aromatic heterocycles. The van der Waals surface area contributed by atoms with Gasteiger partial charge in [-0.1, -0.05) is 25.1 Å². The summed E-state index contributed by atoms with van der Waals surface area (Å²) in [4.78, 5) is 31.9. The topological polar surface area (TPSA) is 114 Å². The van der Waals surface area contributed by atoms with Crippen molar-refractivity contribution in [2.45, 2.75) is 38.6 Å². The van der Waals surface area contributed by atoms with Gasteiger partial charge in [-0.25, -0.2) is 10.1 Å². The summed E-state index contributed by atoms with van der Waals surface area (Å²) in [6.07, 6.45) is 6.97. The fourth-order valence-corrected chi connectivity index (χ4v) is 5.81. The van der Waals surface area contributed by atoms with Gasteiger partial charge in [0.25, 0.3) is 11.5 Å². The molecular formula is C29H34N6O4. The fraction of sp³-hybridized carbons (Fsp3) is 0.448. The molecule has 2 fully saturated rings. The second kappa shape index (κ2) is 10.8. The molecule has 10 nitrogen and oxygen atoms in total. The minimum absolute atomic E-state index is 0.115. The highest BCUT2D eigenvalue weighted by atomic mass is 16.5. The van der Waals surface area contributed by atoms with E-state index in [2.05, 4.69) is 32.3 Å². The Labute approximate surface area is 226 Å². The standard InChI is InChI=1S/C29H34N6O4/c1-29(8-6-24-22-4-2-3-5-23(22)27(36)33-32-24)17-20(18-29)31-28(37)25-19-30-26-16-21(7-9-35(25)26)39-15-12-34-10-13-38-14-11-34/h2-5,7,9,16,19-20H,6,8,10-15,17-18H2,1H3,(H,31,37)(H,33,36)/t20-,29-. The average Bonchev–Trinajstić information content (AvgIpc) is 3.36. The number of ether oxygens (including phenoxy) is 2. The molecular weight excluding hydrogens is 496 g/mol. The van der Waals surface area contributed by atoms with Gasteiger partial charge in [-0.3, -0.25) is 18.9 Å². The number of nitrogens with one attached hydrogen (secondary N) is 2. The molecule has 2 aliphatic rings. The zero-order valence-corrected chi connectivity index (χ0v) is 22.2. The summed E-state index contributed by atoms with van der Waals surface area (Å²) in [5, 5.41) is 11.7. The Morgan fingerprint density at radius 3 is 2.82 bits per heavy atom. The molecule has 0 unspecified atom stereocenters. The molecule has 1 saturated heterocycles. The number of hydrogen-bond acceptors (Lipinski definition) is 7. The Morgan fingerprint density at radius 2 is 2.00 bits per heavy atom. The zero-order valence-electron chi connectivity index (χ0n) is 22.2. The first kappa shape index (κ1) is 25.5. The lowest BCUT2D eigenvalue weighted by Gasteiger charge is -2.45. The number of aromatic amines is 1. The van der Waals surface area contributed by atoms with Gasteiger partial charge in [-0.15, -0.1) is 0 Å². The lowest BCUT2D eigenvalue weighted by atomic mass is 9.64. The predicted molar refractivity (Wildman–Crippen MR) is 147 cm³/mol. The van der Waals surface area contributed by atoms with Crippen molar-refractivity contribution in [3.05, 3.63) is 70.5 Å². The van der Waals surface area contributed by atoms with Gasteiger partial charge in [0.1, 0.15) is 23.7 Å². The molecule has 39 heavy (non-hydrogen) atoms. The molecule has 4 aromatic rings.